The van der Waals surface area contributed by atoms with Crippen molar-refractivity contribution in [3.05, 3.63) is 33.8 Å². The Hall–Kier alpha value is -0.240. The predicted octanol–water partition coefficient (Wildman–Crippen LogP) is 5.78. The summed E-state index contributed by atoms with van der Waals surface area (Å²) in [7, 11) is 0. The maximum atomic E-state index is 10.1. The summed E-state index contributed by atoms with van der Waals surface area (Å²) in [6, 6.07) is 5.34. The minimum atomic E-state index is -0.544. The van der Waals surface area contributed by atoms with Crippen LogP contribution in [0.15, 0.2) is 18.2 Å². The number of unbranched alkanes of at least 4 members (excludes halogenated alkanes) is 5. The summed E-state index contributed by atoms with van der Waals surface area (Å²) in [6.07, 6.45) is 7.48. The van der Waals surface area contributed by atoms with E-state index in [1.807, 2.05) is 0 Å². The van der Waals surface area contributed by atoms with Crippen LogP contribution < -0.4 is 0 Å². The van der Waals surface area contributed by atoms with Crippen LogP contribution in [0.2, 0.25) is 10.0 Å². The highest BCUT2D eigenvalue weighted by atomic mass is 35.5. The van der Waals surface area contributed by atoms with Crippen LogP contribution in [0, 0.1) is 0 Å². The van der Waals surface area contributed by atoms with Crippen molar-refractivity contribution in [1.29, 1.82) is 0 Å². The van der Waals surface area contributed by atoms with Crippen molar-refractivity contribution in [2.45, 2.75) is 58.0 Å². The van der Waals surface area contributed by atoms with Crippen molar-refractivity contribution in [2.75, 3.05) is 0 Å². The molecule has 0 spiro atoms. The monoisotopic (exact) mass is 288 g/mol. The fourth-order valence-electron chi connectivity index (χ4n) is 2.09. The van der Waals surface area contributed by atoms with E-state index in [2.05, 4.69) is 6.92 Å². The highest BCUT2D eigenvalue weighted by Gasteiger charge is 2.14. The summed E-state index contributed by atoms with van der Waals surface area (Å²) in [4.78, 5) is 0. The van der Waals surface area contributed by atoms with Gasteiger partial charge in [-0.25, -0.2) is 0 Å². The van der Waals surface area contributed by atoms with Gasteiger partial charge in [0.25, 0.3) is 0 Å². The molecule has 0 radical (unpaired) electrons. The van der Waals surface area contributed by atoms with E-state index in [-0.39, 0.29) is 0 Å². The minimum Gasteiger partial charge on any atom is -0.388 e. The van der Waals surface area contributed by atoms with Gasteiger partial charge in [0.05, 0.1) is 6.10 Å². The SMILES string of the molecule is CCCCCCCCC(O)c1c(Cl)cccc1Cl. The zero-order valence-electron chi connectivity index (χ0n) is 11.0. The molecule has 0 heterocycles. The average molecular weight is 289 g/mol. The fraction of sp³-hybridized carbons (Fsp3) is 0.600. The van der Waals surface area contributed by atoms with E-state index in [0.717, 1.165) is 12.8 Å². The van der Waals surface area contributed by atoms with E-state index in [4.69, 9.17) is 23.2 Å². The second-order valence-corrected chi connectivity index (χ2v) is 5.52. The molecule has 1 rings (SSSR count). The Morgan fingerprint density at radius 3 is 2.17 bits per heavy atom. The average Bonchev–Trinajstić information content (AvgIpc) is 2.33. The van der Waals surface area contributed by atoms with Crippen LogP contribution >= 0.6 is 23.2 Å². The Morgan fingerprint density at radius 2 is 1.56 bits per heavy atom. The molecule has 1 atom stereocenters. The first-order valence-corrected chi connectivity index (χ1v) is 7.54. The van der Waals surface area contributed by atoms with Crippen LogP contribution in [0.1, 0.15) is 63.5 Å². The molecule has 0 amide bonds. The van der Waals surface area contributed by atoms with Crippen LogP contribution in [0.4, 0.5) is 0 Å². The highest BCUT2D eigenvalue weighted by Crippen LogP contribution is 2.32. The molecule has 1 aromatic carbocycles. The quantitative estimate of drug-likeness (QED) is 0.602. The Labute approximate surface area is 120 Å². The molecule has 3 heteroatoms. The van der Waals surface area contributed by atoms with Gasteiger partial charge in [0.2, 0.25) is 0 Å². The lowest BCUT2D eigenvalue weighted by Gasteiger charge is -2.14. The number of hydrogen-bond donors (Lipinski definition) is 1. The number of benzene rings is 1. The minimum absolute atomic E-state index is 0.544. The molecular weight excluding hydrogens is 267 g/mol. The molecule has 1 aromatic rings. The predicted molar refractivity (Wildman–Crippen MR) is 79.4 cm³/mol. The summed E-state index contributed by atoms with van der Waals surface area (Å²) >= 11 is 12.1. The molecule has 18 heavy (non-hydrogen) atoms. The second-order valence-electron chi connectivity index (χ2n) is 4.71. The van der Waals surface area contributed by atoms with Gasteiger partial charge in [-0.2, -0.15) is 0 Å². The van der Waals surface area contributed by atoms with E-state index in [0.29, 0.717) is 15.6 Å². The Balaban J connectivity index is 2.34. The molecule has 0 saturated heterocycles. The normalized spacial score (nSPS) is 12.7. The number of hydrogen-bond acceptors (Lipinski definition) is 1. The molecule has 1 nitrogen and oxygen atoms in total. The van der Waals surface area contributed by atoms with Crippen LogP contribution in [0.5, 0.6) is 0 Å². The molecular formula is C15H22Cl2O. The summed E-state index contributed by atoms with van der Waals surface area (Å²) in [6.45, 7) is 2.21. The third-order valence-corrected chi connectivity index (χ3v) is 3.82. The molecule has 0 aliphatic carbocycles. The smallest absolute Gasteiger partial charge is 0.0819 e. The van der Waals surface area contributed by atoms with Crippen LogP contribution in [0.3, 0.4) is 0 Å². The molecule has 0 fully saturated rings. The Morgan fingerprint density at radius 1 is 1.00 bits per heavy atom. The summed E-state index contributed by atoms with van der Waals surface area (Å²) in [5, 5.41) is 11.2. The van der Waals surface area contributed by atoms with Gasteiger partial charge in [-0.1, -0.05) is 74.7 Å². The topological polar surface area (TPSA) is 20.2 Å². The number of rotatable bonds is 8. The zero-order valence-corrected chi connectivity index (χ0v) is 12.5. The van der Waals surface area contributed by atoms with Crippen LogP contribution in [-0.2, 0) is 0 Å². The first kappa shape index (κ1) is 15.8. The van der Waals surface area contributed by atoms with E-state index in [9.17, 15) is 5.11 Å². The van der Waals surface area contributed by atoms with Crippen molar-refractivity contribution in [3.8, 4) is 0 Å². The zero-order chi connectivity index (χ0) is 13.4. The van der Waals surface area contributed by atoms with Crippen LogP contribution in [0.25, 0.3) is 0 Å². The van der Waals surface area contributed by atoms with Crippen molar-refractivity contribution in [2.24, 2.45) is 0 Å². The van der Waals surface area contributed by atoms with Crippen molar-refractivity contribution in [1.82, 2.24) is 0 Å². The Kier molecular flexibility index (Phi) is 7.73. The second kappa shape index (κ2) is 8.79. The largest absolute Gasteiger partial charge is 0.388 e. The standard InChI is InChI=1S/C15H22Cl2O/c1-2-3-4-5-6-7-11-14(18)15-12(16)9-8-10-13(15)17/h8-10,14,18H,2-7,11H2,1H3. The lowest BCUT2D eigenvalue weighted by atomic mass is 10.0. The third-order valence-electron chi connectivity index (χ3n) is 3.16. The maximum Gasteiger partial charge on any atom is 0.0819 e. The number of halogens is 2. The van der Waals surface area contributed by atoms with Crippen molar-refractivity contribution < 1.29 is 5.11 Å². The van der Waals surface area contributed by atoms with E-state index < -0.39 is 6.10 Å². The first-order chi connectivity index (χ1) is 8.66. The molecule has 0 saturated carbocycles. The molecule has 0 aliphatic rings. The molecule has 102 valence electrons. The lowest BCUT2D eigenvalue weighted by molar-refractivity contribution is 0.163. The maximum absolute atomic E-state index is 10.1. The molecule has 0 aromatic heterocycles. The van der Waals surface area contributed by atoms with Crippen molar-refractivity contribution >= 4 is 23.2 Å². The van der Waals surface area contributed by atoms with Gasteiger partial charge in [0.15, 0.2) is 0 Å². The van der Waals surface area contributed by atoms with Crippen molar-refractivity contribution in [3.63, 3.8) is 0 Å². The van der Waals surface area contributed by atoms with Gasteiger partial charge >= 0.3 is 0 Å². The summed E-state index contributed by atoms with van der Waals surface area (Å²) in [5.41, 5.74) is 0.675. The first-order valence-electron chi connectivity index (χ1n) is 6.78. The van der Waals surface area contributed by atoms with E-state index >= 15 is 0 Å². The van der Waals surface area contributed by atoms with Gasteiger partial charge in [-0.3, -0.25) is 0 Å². The van der Waals surface area contributed by atoms with Gasteiger partial charge in [0.1, 0.15) is 0 Å². The van der Waals surface area contributed by atoms with Gasteiger partial charge in [-0.15, -0.1) is 0 Å². The summed E-state index contributed by atoms with van der Waals surface area (Å²) < 4.78 is 0. The van der Waals surface area contributed by atoms with Gasteiger partial charge < -0.3 is 5.11 Å². The third kappa shape index (κ3) is 5.17. The van der Waals surface area contributed by atoms with Gasteiger partial charge in [0, 0.05) is 15.6 Å². The highest BCUT2D eigenvalue weighted by molar-refractivity contribution is 6.36. The van der Waals surface area contributed by atoms with Crippen LogP contribution in [-0.4, -0.2) is 5.11 Å². The van der Waals surface area contributed by atoms with E-state index in [1.54, 1.807) is 18.2 Å². The molecule has 0 aliphatic heterocycles. The Bertz CT molecular complexity index is 332. The lowest BCUT2D eigenvalue weighted by Crippen LogP contribution is -1.99. The fourth-order valence-corrected chi connectivity index (χ4v) is 2.74. The summed E-state index contributed by atoms with van der Waals surface area (Å²) in [5.74, 6) is 0. The molecule has 1 unspecified atom stereocenters. The van der Waals surface area contributed by atoms with E-state index in [1.165, 1.54) is 32.1 Å². The number of aliphatic hydroxyl groups excluding tert-OH is 1. The molecule has 0 bridgehead atoms. The number of aliphatic hydroxyl groups is 1. The van der Waals surface area contributed by atoms with Gasteiger partial charge in [-0.05, 0) is 18.6 Å². The molecule has 1 N–H and O–H groups in total.